The summed E-state index contributed by atoms with van der Waals surface area (Å²) in [6.07, 6.45) is 7.86. The molecule has 1 N–H and O–H groups in total. The van der Waals surface area contributed by atoms with Crippen LogP contribution in [0.4, 0.5) is 0 Å². The first-order valence-electron chi connectivity index (χ1n) is 10.9. The molecule has 0 radical (unpaired) electrons. The number of ketones is 3. The zero-order valence-electron chi connectivity index (χ0n) is 17.9. The molecular weight excluding hydrogens is 384 g/mol. The standard InChI is InChI=1S/C24H30O6/c1-4-20(28)30-13-19(27)24(29)10-8-17-16-6-5-14-11-15(25)7-9-22(14,2)21(16)18(26)12-23(17,24)3/h7,9,11,16-17,21,29H,4-6,8,10,12-13H2,1-3H3/t16?,17?,21?,22-,23-,24-/m0/s1. The molecule has 0 saturated heterocycles. The minimum atomic E-state index is -1.66. The van der Waals surface area contributed by atoms with E-state index in [1.807, 2.05) is 19.9 Å². The molecule has 0 heterocycles. The SMILES string of the molecule is CCC(=O)OCC(=O)[C@@]1(O)CCC2C3CCC4=CC(=O)C=C[C@]4(C)C3C(=O)C[C@@]21C. The summed E-state index contributed by atoms with van der Waals surface area (Å²) < 4.78 is 5.00. The van der Waals surface area contributed by atoms with Crippen molar-refractivity contribution in [2.45, 2.75) is 64.9 Å². The zero-order chi connectivity index (χ0) is 21.9. The van der Waals surface area contributed by atoms with E-state index in [2.05, 4.69) is 0 Å². The molecule has 0 aliphatic heterocycles. The number of allylic oxidation sites excluding steroid dienone is 4. The Morgan fingerprint density at radius 1 is 1.23 bits per heavy atom. The van der Waals surface area contributed by atoms with Gasteiger partial charge in [-0.15, -0.1) is 0 Å². The Balaban J connectivity index is 1.64. The van der Waals surface area contributed by atoms with Crippen molar-refractivity contribution >= 4 is 23.3 Å². The fraction of sp³-hybridized carbons (Fsp3) is 0.667. The third kappa shape index (κ3) is 2.79. The fourth-order valence-electron chi connectivity index (χ4n) is 6.86. The number of rotatable bonds is 4. The molecule has 0 aromatic carbocycles. The minimum Gasteiger partial charge on any atom is -0.458 e. The lowest BCUT2D eigenvalue weighted by molar-refractivity contribution is -0.172. The highest BCUT2D eigenvalue weighted by molar-refractivity contribution is 6.02. The molecule has 4 aliphatic carbocycles. The lowest BCUT2D eigenvalue weighted by atomic mass is 9.46. The summed E-state index contributed by atoms with van der Waals surface area (Å²) in [6, 6.07) is 0. The first-order valence-corrected chi connectivity index (χ1v) is 10.9. The van der Waals surface area contributed by atoms with E-state index in [1.165, 1.54) is 0 Å². The van der Waals surface area contributed by atoms with Gasteiger partial charge in [-0.3, -0.25) is 19.2 Å². The summed E-state index contributed by atoms with van der Waals surface area (Å²) >= 11 is 0. The summed E-state index contributed by atoms with van der Waals surface area (Å²) in [5, 5.41) is 11.5. The lowest BCUT2D eigenvalue weighted by Crippen LogP contribution is -2.60. The van der Waals surface area contributed by atoms with Gasteiger partial charge in [0.2, 0.25) is 5.78 Å². The summed E-state index contributed by atoms with van der Waals surface area (Å²) in [5.74, 6) is -1.14. The average molecular weight is 414 g/mol. The Kier molecular flexibility index (Phi) is 4.92. The second-order valence-electron chi connectivity index (χ2n) is 9.87. The molecule has 0 bridgehead atoms. The molecule has 3 fully saturated rings. The van der Waals surface area contributed by atoms with Gasteiger partial charge in [-0.05, 0) is 49.7 Å². The Morgan fingerprint density at radius 2 is 1.97 bits per heavy atom. The Bertz CT molecular complexity index is 884. The van der Waals surface area contributed by atoms with Gasteiger partial charge < -0.3 is 9.84 Å². The lowest BCUT2D eigenvalue weighted by Gasteiger charge is -2.56. The monoisotopic (exact) mass is 414 g/mol. The molecule has 0 aromatic rings. The molecule has 0 spiro atoms. The van der Waals surface area contributed by atoms with E-state index in [-0.39, 0.29) is 48.6 Å². The van der Waals surface area contributed by atoms with Crippen molar-refractivity contribution in [2.24, 2.45) is 28.6 Å². The maximum absolute atomic E-state index is 13.5. The van der Waals surface area contributed by atoms with E-state index in [4.69, 9.17) is 4.74 Å². The topological polar surface area (TPSA) is 97.7 Å². The number of ether oxygens (including phenoxy) is 1. The van der Waals surface area contributed by atoms with Crippen molar-refractivity contribution in [3.8, 4) is 0 Å². The highest BCUT2D eigenvalue weighted by Gasteiger charge is 2.68. The Morgan fingerprint density at radius 3 is 2.67 bits per heavy atom. The van der Waals surface area contributed by atoms with Gasteiger partial charge in [0.15, 0.2) is 12.4 Å². The molecule has 6 atom stereocenters. The third-order valence-corrected chi connectivity index (χ3v) is 8.52. The van der Waals surface area contributed by atoms with Crippen LogP contribution in [0.15, 0.2) is 23.8 Å². The van der Waals surface area contributed by atoms with Gasteiger partial charge >= 0.3 is 5.97 Å². The van der Waals surface area contributed by atoms with Crippen molar-refractivity contribution in [3.63, 3.8) is 0 Å². The van der Waals surface area contributed by atoms with Crippen LogP contribution in [0.25, 0.3) is 0 Å². The Hall–Kier alpha value is -2.08. The van der Waals surface area contributed by atoms with E-state index in [0.717, 1.165) is 18.4 Å². The van der Waals surface area contributed by atoms with Gasteiger partial charge in [-0.25, -0.2) is 0 Å². The van der Waals surface area contributed by atoms with Gasteiger partial charge in [0, 0.05) is 29.6 Å². The van der Waals surface area contributed by atoms with E-state index in [9.17, 15) is 24.3 Å². The fourth-order valence-corrected chi connectivity index (χ4v) is 6.86. The molecule has 3 unspecified atom stereocenters. The van der Waals surface area contributed by atoms with Crippen molar-refractivity contribution in [1.82, 2.24) is 0 Å². The van der Waals surface area contributed by atoms with Crippen molar-refractivity contribution < 1.29 is 29.0 Å². The number of aliphatic hydroxyl groups is 1. The molecule has 4 rings (SSSR count). The van der Waals surface area contributed by atoms with Crippen molar-refractivity contribution in [2.75, 3.05) is 6.61 Å². The third-order valence-electron chi connectivity index (χ3n) is 8.52. The van der Waals surface area contributed by atoms with Gasteiger partial charge in [-0.2, -0.15) is 0 Å². The van der Waals surface area contributed by atoms with E-state index in [1.54, 1.807) is 19.1 Å². The number of Topliss-reactive ketones (excluding diaryl/α,β-unsaturated/α-hetero) is 2. The number of hydrogen-bond donors (Lipinski definition) is 1. The minimum absolute atomic E-state index is 0.0282. The first-order chi connectivity index (χ1) is 14.1. The van der Waals surface area contributed by atoms with Crippen LogP contribution in [0, 0.1) is 28.6 Å². The second-order valence-corrected chi connectivity index (χ2v) is 9.87. The predicted octanol–water partition coefficient (Wildman–Crippen LogP) is 2.73. The molecule has 3 saturated carbocycles. The van der Waals surface area contributed by atoms with Crippen molar-refractivity contribution in [1.29, 1.82) is 0 Å². The maximum Gasteiger partial charge on any atom is 0.305 e. The zero-order valence-corrected chi connectivity index (χ0v) is 17.9. The molecule has 30 heavy (non-hydrogen) atoms. The van der Waals surface area contributed by atoms with Crippen LogP contribution in [-0.2, 0) is 23.9 Å². The van der Waals surface area contributed by atoms with Gasteiger partial charge in [-0.1, -0.05) is 32.4 Å². The highest BCUT2D eigenvalue weighted by atomic mass is 16.5. The summed E-state index contributed by atoms with van der Waals surface area (Å²) in [6.45, 7) is 5.08. The summed E-state index contributed by atoms with van der Waals surface area (Å²) in [4.78, 5) is 49.8. The van der Waals surface area contributed by atoms with Gasteiger partial charge in [0.05, 0.1) is 0 Å². The maximum atomic E-state index is 13.5. The number of esters is 1. The van der Waals surface area contributed by atoms with Crippen LogP contribution in [-0.4, -0.2) is 40.6 Å². The van der Waals surface area contributed by atoms with Gasteiger partial charge in [0.25, 0.3) is 0 Å². The van der Waals surface area contributed by atoms with Crippen LogP contribution in [0.3, 0.4) is 0 Å². The van der Waals surface area contributed by atoms with E-state index >= 15 is 0 Å². The van der Waals surface area contributed by atoms with Crippen LogP contribution in [0.5, 0.6) is 0 Å². The number of carbonyl (C=O) groups is 4. The molecule has 6 heteroatoms. The molecule has 0 aromatic heterocycles. The van der Waals surface area contributed by atoms with Crippen LogP contribution in [0.2, 0.25) is 0 Å². The normalized spacial score (nSPS) is 42.1. The quantitative estimate of drug-likeness (QED) is 0.711. The average Bonchev–Trinajstić information content (AvgIpc) is 2.97. The number of carbonyl (C=O) groups excluding carboxylic acids is 4. The molecular formula is C24H30O6. The first kappa shape index (κ1) is 21.2. The van der Waals surface area contributed by atoms with Gasteiger partial charge in [0.1, 0.15) is 11.4 Å². The van der Waals surface area contributed by atoms with E-state index < -0.39 is 34.8 Å². The Labute approximate surface area is 176 Å². The highest BCUT2D eigenvalue weighted by Crippen LogP contribution is 2.66. The predicted molar refractivity (Wildman–Crippen MR) is 108 cm³/mol. The second kappa shape index (κ2) is 6.98. The number of hydrogen-bond acceptors (Lipinski definition) is 6. The summed E-state index contributed by atoms with van der Waals surface area (Å²) in [5.41, 5.74) is -1.99. The van der Waals surface area contributed by atoms with Crippen molar-refractivity contribution in [3.05, 3.63) is 23.8 Å². The van der Waals surface area contributed by atoms with Crippen LogP contribution < -0.4 is 0 Å². The summed E-state index contributed by atoms with van der Waals surface area (Å²) in [7, 11) is 0. The molecule has 162 valence electrons. The van der Waals surface area contributed by atoms with E-state index in [0.29, 0.717) is 6.42 Å². The number of fused-ring (bicyclic) bond motifs is 5. The largest absolute Gasteiger partial charge is 0.458 e. The molecule has 4 aliphatic rings. The smallest absolute Gasteiger partial charge is 0.305 e. The van der Waals surface area contributed by atoms with Crippen LogP contribution >= 0.6 is 0 Å². The molecule has 6 nitrogen and oxygen atoms in total. The van der Waals surface area contributed by atoms with Crippen LogP contribution in [0.1, 0.15) is 59.3 Å². The molecule has 0 amide bonds.